The number of unbranched alkanes of at least 4 members (excludes halogenated alkanes) is 1. The third-order valence-corrected chi connectivity index (χ3v) is 13.6. The fourth-order valence-corrected chi connectivity index (χ4v) is 10.1. The van der Waals surface area contributed by atoms with Crippen molar-refractivity contribution in [3.8, 4) is 17.6 Å². The Balaban J connectivity index is 1.46. The molecule has 4 aromatic rings. The number of hydrogen-bond acceptors (Lipinski definition) is 12. The Morgan fingerprint density at radius 1 is 0.833 bits per heavy atom. The van der Waals surface area contributed by atoms with Crippen LogP contribution in [0.1, 0.15) is 90.1 Å². The Labute approximate surface area is 394 Å². The van der Waals surface area contributed by atoms with E-state index >= 15 is 0 Å². The zero-order valence-electron chi connectivity index (χ0n) is 39.7. The molecule has 1 unspecified atom stereocenters. The van der Waals surface area contributed by atoms with Crippen molar-refractivity contribution in [3.63, 3.8) is 0 Å². The highest BCUT2D eigenvalue weighted by Gasteiger charge is 2.51. The molecule has 5 atom stereocenters. The normalized spacial score (nSPS) is 19.5. The SMILES string of the molecule is COc1ccc(C(OC[C@H]2O[C@@H](n3ccc(NCC(C)C)nc3=O)[C@H](OCCCC[C]3[CH][CH][CH][CH]3)[C@@H]2OP(OCCC#N)N(C(C)C)C(C)C)(c2ccccc2)c2ccc(OC)cc2)cc1. The summed E-state index contributed by atoms with van der Waals surface area (Å²) in [7, 11) is 1.49. The summed E-state index contributed by atoms with van der Waals surface area (Å²) in [4.78, 5) is 18.6. The second kappa shape index (κ2) is 25.1. The molecular formula is C52H67N5O8P. The molecular weight excluding hydrogens is 854 g/mol. The summed E-state index contributed by atoms with van der Waals surface area (Å²) in [5, 5.41) is 12.8. The van der Waals surface area contributed by atoms with Gasteiger partial charge in [-0.25, -0.2) is 9.46 Å². The van der Waals surface area contributed by atoms with E-state index < -0.39 is 44.4 Å². The lowest BCUT2D eigenvalue weighted by Gasteiger charge is -2.39. The molecule has 1 saturated heterocycles. The molecule has 0 bridgehead atoms. The first-order valence-corrected chi connectivity index (χ1v) is 24.2. The summed E-state index contributed by atoms with van der Waals surface area (Å²) < 4.78 is 50.1. The van der Waals surface area contributed by atoms with Gasteiger partial charge in [0.25, 0.3) is 8.53 Å². The first-order chi connectivity index (χ1) is 32.0. The lowest BCUT2D eigenvalue weighted by atomic mass is 9.80. The Morgan fingerprint density at radius 2 is 1.45 bits per heavy atom. The van der Waals surface area contributed by atoms with E-state index in [0.29, 0.717) is 36.4 Å². The number of nitrogens with zero attached hydrogens (tertiary/aromatic N) is 4. The summed E-state index contributed by atoms with van der Waals surface area (Å²) >= 11 is 0. The van der Waals surface area contributed by atoms with E-state index in [1.54, 1.807) is 26.5 Å². The van der Waals surface area contributed by atoms with E-state index in [1.807, 2.05) is 78.9 Å². The van der Waals surface area contributed by atoms with Crippen molar-refractivity contribution in [2.75, 3.05) is 45.9 Å². The van der Waals surface area contributed by atoms with E-state index in [-0.39, 0.29) is 31.7 Å². The first kappa shape index (κ1) is 51.0. The number of anilines is 1. The molecule has 1 aromatic heterocycles. The van der Waals surface area contributed by atoms with Crippen LogP contribution in [0.25, 0.3) is 0 Å². The molecule has 0 amide bonds. The fourth-order valence-electron chi connectivity index (χ4n) is 8.30. The van der Waals surface area contributed by atoms with Gasteiger partial charge in [-0.1, -0.05) is 74.9 Å². The van der Waals surface area contributed by atoms with Crippen LogP contribution in [0.2, 0.25) is 0 Å². The molecule has 14 heteroatoms. The van der Waals surface area contributed by atoms with Gasteiger partial charge in [-0.2, -0.15) is 10.2 Å². The minimum Gasteiger partial charge on any atom is -0.497 e. The quantitative estimate of drug-likeness (QED) is 0.0365. The molecule has 6 rings (SSSR count). The molecule has 5 radical (unpaired) electrons. The highest BCUT2D eigenvalue weighted by molar-refractivity contribution is 7.44. The number of rotatable bonds is 26. The smallest absolute Gasteiger partial charge is 0.351 e. The lowest BCUT2D eigenvalue weighted by molar-refractivity contribution is -0.0977. The van der Waals surface area contributed by atoms with Gasteiger partial charge in [-0.3, -0.25) is 4.57 Å². The number of methoxy groups -OCH3 is 2. The van der Waals surface area contributed by atoms with Gasteiger partial charge in [0, 0.05) is 31.4 Å². The standard InChI is InChI=1S/C52H67N5O8P/c1-37(2)35-54-47-30-32-56(51(58)55-47)50-49(61-33-15-14-19-40-17-12-13-18-40)48(65-66(63-34-16-31-53)57(38(3)4)39(5)6)46(64-50)36-62-52(41-20-10-9-11-21-41,42-22-26-44(59-7)27-23-42)43-24-28-45(60-8)29-25-43/h9-13,17-18,20-30,32,37-39,46,48-50H,14-16,19,33-36H2,1-8H3,(H,54,55,58)/t46-,48-,49-,50-,66?/m1/s1. The van der Waals surface area contributed by atoms with Gasteiger partial charge in [0.1, 0.15) is 41.2 Å². The molecule has 3 aromatic carbocycles. The first-order valence-electron chi connectivity index (χ1n) is 23.0. The molecule has 66 heavy (non-hydrogen) atoms. The van der Waals surface area contributed by atoms with Crippen molar-refractivity contribution >= 4 is 14.3 Å². The summed E-state index contributed by atoms with van der Waals surface area (Å²) in [5.41, 5.74) is 0.903. The molecule has 1 aliphatic heterocycles. The van der Waals surface area contributed by atoms with Crippen molar-refractivity contribution in [2.45, 2.75) is 109 Å². The number of ether oxygens (including phenoxy) is 5. The molecule has 2 aliphatic rings. The van der Waals surface area contributed by atoms with Gasteiger partial charge in [-0.05, 0) is 125 Å². The average molecular weight is 921 g/mol. The largest absolute Gasteiger partial charge is 0.497 e. The zero-order valence-corrected chi connectivity index (χ0v) is 40.6. The number of hydrogen-bond donors (Lipinski definition) is 1. The Kier molecular flexibility index (Phi) is 19.4. The van der Waals surface area contributed by atoms with Crippen LogP contribution in [-0.4, -0.2) is 85.2 Å². The van der Waals surface area contributed by atoms with Crippen LogP contribution in [0.3, 0.4) is 0 Å². The van der Waals surface area contributed by atoms with Crippen LogP contribution in [0.15, 0.2) is 95.9 Å². The molecule has 2 fully saturated rings. The maximum atomic E-state index is 14.1. The minimum absolute atomic E-state index is 0.00803. The van der Waals surface area contributed by atoms with Crippen LogP contribution in [0.4, 0.5) is 5.82 Å². The van der Waals surface area contributed by atoms with Gasteiger partial charge in [0.05, 0.1) is 39.9 Å². The molecule has 13 nitrogen and oxygen atoms in total. The van der Waals surface area contributed by atoms with Gasteiger partial charge in [-0.15, -0.1) is 0 Å². The highest BCUT2D eigenvalue weighted by Crippen LogP contribution is 2.51. The van der Waals surface area contributed by atoms with Crippen molar-refractivity contribution < 1.29 is 32.7 Å². The van der Waals surface area contributed by atoms with Gasteiger partial charge >= 0.3 is 5.69 Å². The molecule has 1 saturated carbocycles. The maximum absolute atomic E-state index is 14.1. The maximum Gasteiger partial charge on any atom is 0.351 e. The number of nitriles is 1. The van der Waals surface area contributed by atoms with E-state index in [1.165, 1.54) is 10.5 Å². The summed E-state index contributed by atoms with van der Waals surface area (Å²) in [6, 6.07) is 29.8. The lowest BCUT2D eigenvalue weighted by Crippen LogP contribution is -2.43. The monoisotopic (exact) mass is 920 g/mol. The predicted molar refractivity (Wildman–Crippen MR) is 258 cm³/mol. The van der Waals surface area contributed by atoms with Crippen LogP contribution in [-0.2, 0) is 28.9 Å². The van der Waals surface area contributed by atoms with E-state index in [4.69, 9.17) is 32.7 Å². The summed E-state index contributed by atoms with van der Waals surface area (Å²) in [6.45, 7) is 13.8. The van der Waals surface area contributed by atoms with Gasteiger partial charge in [0.15, 0.2) is 6.23 Å². The topological polar surface area (TPSA) is 139 Å². The average Bonchev–Trinajstić information content (AvgIpc) is 3.96. The molecule has 1 N–H and O–H groups in total. The third kappa shape index (κ3) is 13.0. The van der Waals surface area contributed by atoms with Gasteiger partial charge in [0.2, 0.25) is 0 Å². The van der Waals surface area contributed by atoms with E-state index in [0.717, 1.165) is 36.0 Å². The Bertz CT molecular complexity index is 2090. The van der Waals surface area contributed by atoms with Crippen molar-refractivity contribution in [1.82, 2.24) is 14.2 Å². The van der Waals surface area contributed by atoms with E-state index in [9.17, 15) is 10.1 Å². The van der Waals surface area contributed by atoms with Crippen LogP contribution in [0, 0.1) is 48.9 Å². The van der Waals surface area contributed by atoms with E-state index in [2.05, 4.69) is 88.3 Å². The number of nitrogens with one attached hydrogen (secondary N) is 1. The predicted octanol–water partition coefficient (Wildman–Crippen LogP) is 9.86. The van der Waals surface area contributed by atoms with Crippen molar-refractivity contribution in [1.29, 1.82) is 5.26 Å². The molecule has 2 heterocycles. The van der Waals surface area contributed by atoms with Crippen molar-refractivity contribution in [2.24, 2.45) is 5.92 Å². The molecule has 0 spiro atoms. The molecule has 1 aliphatic carbocycles. The summed E-state index contributed by atoms with van der Waals surface area (Å²) in [6.07, 6.45) is 9.47. The van der Waals surface area contributed by atoms with Crippen LogP contribution in [0.5, 0.6) is 11.5 Å². The second-order valence-electron chi connectivity index (χ2n) is 17.4. The minimum atomic E-state index is -1.79. The van der Waals surface area contributed by atoms with Crippen molar-refractivity contribution in [3.05, 3.63) is 150 Å². The number of benzene rings is 3. The second-order valence-corrected chi connectivity index (χ2v) is 18.8. The fraction of sp³-hybridized carbons (Fsp3) is 0.462. The summed E-state index contributed by atoms with van der Waals surface area (Å²) in [5.74, 6) is 3.51. The third-order valence-electron chi connectivity index (χ3n) is 11.5. The van der Waals surface area contributed by atoms with Crippen LogP contribution < -0.4 is 20.5 Å². The Hall–Kier alpha value is -4.38. The number of aromatic nitrogens is 2. The highest BCUT2D eigenvalue weighted by atomic mass is 31.2. The van der Waals surface area contributed by atoms with Crippen LogP contribution >= 0.6 is 8.53 Å². The Morgan fingerprint density at radius 3 is 2.02 bits per heavy atom. The van der Waals surface area contributed by atoms with Gasteiger partial charge < -0.3 is 38.0 Å². The molecule has 353 valence electrons. The zero-order chi connectivity index (χ0) is 47.1.